The molecule has 16 heavy (non-hydrogen) atoms. The van der Waals surface area contributed by atoms with Crippen molar-refractivity contribution in [3.8, 4) is 0 Å². The van der Waals surface area contributed by atoms with Crippen molar-refractivity contribution >= 4 is 0 Å². The fraction of sp³-hybridized carbons (Fsp3) is 0.571. The summed E-state index contributed by atoms with van der Waals surface area (Å²) in [6, 6.07) is 11.4. The monoisotopic (exact) mass is 216 g/mol. The predicted octanol–water partition coefficient (Wildman–Crippen LogP) is 1.92. The number of rotatable bonds is 3. The van der Waals surface area contributed by atoms with Gasteiger partial charge in [-0.15, -0.1) is 0 Å². The van der Waals surface area contributed by atoms with Gasteiger partial charge in [0.15, 0.2) is 0 Å². The van der Waals surface area contributed by atoms with Crippen LogP contribution >= 0.6 is 0 Å². The highest BCUT2D eigenvalue weighted by Crippen LogP contribution is 2.41. The van der Waals surface area contributed by atoms with Gasteiger partial charge in [0, 0.05) is 31.1 Å². The van der Waals surface area contributed by atoms with E-state index in [9.17, 15) is 0 Å². The zero-order valence-corrected chi connectivity index (χ0v) is 9.71. The van der Waals surface area contributed by atoms with Crippen molar-refractivity contribution < 1.29 is 0 Å². The molecule has 1 unspecified atom stereocenters. The van der Waals surface area contributed by atoms with E-state index in [-0.39, 0.29) is 0 Å². The third kappa shape index (κ3) is 1.76. The molecule has 1 aromatic carbocycles. The minimum absolute atomic E-state index is 0.592. The molecular formula is C14H20N2. The molecule has 1 saturated heterocycles. The summed E-state index contributed by atoms with van der Waals surface area (Å²) in [5.41, 5.74) is 1.99. The van der Waals surface area contributed by atoms with Crippen molar-refractivity contribution in [2.24, 2.45) is 5.41 Å². The van der Waals surface area contributed by atoms with Crippen molar-refractivity contribution in [2.45, 2.75) is 31.8 Å². The van der Waals surface area contributed by atoms with E-state index in [1.165, 1.54) is 37.9 Å². The first-order valence-corrected chi connectivity index (χ1v) is 6.37. The summed E-state index contributed by atoms with van der Waals surface area (Å²) in [6.45, 7) is 3.46. The van der Waals surface area contributed by atoms with Gasteiger partial charge in [0.2, 0.25) is 0 Å². The standard InChI is InChI=1S/C14H20N2/c1-2-5-12(6-3-1)9-16-13-7-4-8-14(13)10-15-11-14/h1-3,5-6,13,15-16H,4,7-11H2. The smallest absolute Gasteiger partial charge is 0.0208 e. The van der Waals surface area contributed by atoms with E-state index in [1.54, 1.807) is 0 Å². The van der Waals surface area contributed by atoms with Crippen molar-refractivity contribution in [1.29, 1.82) is 0 Å². The molecule has 1 aromatic rings. The highest BCUT2D eigenvalue weighted by molar-refractivity contribution is 5.15. The minimum atomic E-state index is 0.592. The zero-order valence-electron chi connectivity index (χ0n) is 9.71. The molecule has 2 nitrogen and oxygen atoms in total. The van der Waals surface area contributed by atoms with Crippen LogP contribution in [0.2, 0.25) is 0 Å². The Labute approximate surface area is 97.4 Å². The van der Waals surface area contributed by atoms with Crippen molar-refractivity contribution in [3.63, 3.8) is 0 Å². The Morgan fingerprint density at radius 1 is 1.25 bits per heavy atom. The fourth-order valence-corrected chi connectivity index (χ4v) is 3.16. The Morgan fingerprint density at radius 2 is 2.06 bits per heavy atom. The van der Waals surface area contributed by atoms with E-state index >= 15 is 0 Å². The average Bonchev–Trinajstić information content (AvgIpc) is 2.71. The first-order chi connectivity index (χ1) is 7.89. The van der Waals surface area contributed by atoms with E-state index in [2.05, 4.69) is 41.0 Å². The van der Waals surface area contributed by atoms with Gasteiger partial charge in [0.1, 0.15) is 0 Å². The van der Waals surface area contributed by atoms with Gasteiger partial charge in [-0.2, -0.15) is 0 Å². The summed E-state index contributed by atoms with van der Waals surface area (Å²) in [5.74, 6) is 0. The maximum Gasteiger partial charge on any atom is 0.0208 e. The minimum Gasteiger partial charge on any atom is -0.315 e. The van der Waals surface area contributed by atoms with Gasteiger partial charge in [-0.05, 0) is 18.4 Å². The Bertz CT molecular complexity index is 343. The van der Waals surface area contributed by atoms with E-state index in [0.717, 1.165) is 12.6 Å². The SMILES string of the molecule is c1ccc(CNC2CCCC23CNC3)cc1. The van der Waals surface area contributed by atoms with Crippen LogP contribution in [-0.2, 0) is 6.54 Å². The second kappa shape index (κ2) is 4.19. The maximum absolute atomic E-state index is 3.75. The largest absolute Gasteiger partial charge is 0.315 e. The van der Waals surface area contributed by atoms with E-state index < -0.39 is 0 Å². The van der Waals surface area contributed by atoms with Gasteiger partial charge >= 0.3 is 0 Å². The Balaban J connectivity index is 1.59. The van der Waals surface area contributed by atoms with Crippen molar-refractivity contribution in [2.75, 3.05) is 13.1 Å². The zero-order chi connectivity index (χ0) is 10.8. The molecule has 1 heterocycles. The molecule has 86 valence electrons. The maximum atomic E-state index is 3.75. The number of hydrogen-bond acceptors (Lipinski definition) is 2. The van der Waals surface area contributed by atoms with Crippen LogP contribution in [-0.4, -0.2) is 19.1 Å². The topological polar surface area (TPSA) is 24.1 Å². The van der Waals surface area contributed by atoms with E-state index in [4.69, 9.17) is 0 Å². The summed E-state index contributed by atoms with van der Waals surface area (Å²) < 4.78 is 0. The molecule has 1 saturated carbocycles. The molecule has 1 atom stereocenters. The molecule has 1 aliphatic heterocycles. The van der Waals surface area contributed by atoms with Gasteiger partial charge in [0.05, 0.1) is 0 Å². The highest BCUT2D eigenvalue weighted by Gasteiger charge is 2.46. The lowest BCUT2D eigenvalue weighted by atomic mass is 9.77. The lowest BCUT2D eigenvalue weighted by Gasteiger charge is -2.44. The van der Waals surface area contributed by atoms with Crippen LogP contribution < -0.4 is 10.6 Å². The Kier molecular flexibility index (Phi) is 2.70. The third-order valence-electron chi connectivity index (χ3n) is 4.26. The Hall–Kier alpha value is -0.860. The summed E-state index contributed by atoms with van der Waals surface area (Å²) >= 11 is 0. The summed E-state index contributed by atoms with van der Waals surface area (Å²) in [7, 11) is 0. The van der Waals surface area contributed by atoms with Crippen LogP contribution in [0, 0.1) is 5.41 Å². The Morgan fingerprint density at radius 3 is 2.75 bits per heavy atom. The lowest BCUT2D eigenvalue weighted by Crippen LogP contribution is -2.60. The van der Waals surface area contributed by atoms with E-state index in [1.807, 2.05) is 0 Å². The molecule has 1 spiro atoms. The predicted molar refractivity (Wildman–Crippen MR) is 66.2 cm³/mol. The van der Waals surface area contributed by atoms with Crippen molar-refractivity contribution in [3.05, 3.63) is 35.9 Å². The lowest BCUT2D eigenvalue weighted by molar-refractivity contribution is 0.131. The molecule has 2 aliphatic rings. The van der Waals surface area contributed by atoms with Crippen LogP contribution in [0.1, 0.15) is 24.8 Å². The number of nitrogens with one attached hydrogen (secondary N) is 2. The number of hydrogen-bond donors (Lipinski definition) is 2. The highest BCUT2D eigenvalue weighted by atomic mass is 15.1. The summed E-state index contributed by atoms with van der Waals surface area (Å²) in [6.07, 6.45) is 4.16. The second-order valence-electron chi connectivity index (χ2n) is 5.28. The van der Waals surface area contributed by atoms with Gasteiger partial charge < -0.3 is 10.6 Å². The van der Waals surface area contributed by atoms with Crippen LogP contribution in [0.5, 0.6) is 0 Å². The van der Waals surface area contributed by atoms with Crippen LogP contribution in [0.4, 0.5) is 0 Å². The quantitative estimate of drug-likeness (QED) is 0.806. The molecule has 2 fully saturated rings. The molecule has 0 aromatic heterocycles. The molecular weight excluding hydrogens is 196 g/mol. The van der Waals surface area contributed by atoms with Gasteiger partial charge in [-0.1, -0.05) is 36.8 Å². The van der Waals surface area contributed by atoms with Gasteiger partial charge in [-0.25, -0.2) is 0 Å². The summed E-state index contributed by atoms with van der Waals surface area (Å²) in [4.78, 5) is 0. The number of benzene rings is 1. The first kappa shape index (κ1) is 10.3. The van der Waals surface area contributed by atoms with Gasteiger partial charge in [0.25, 0.3) is 0 Å². The molecule has 0 amide bonds. The molecule has 1 aliphatic carbocycles. The molecule has 2 heteroatoms. The normalized spacial score (nSPS) is 26.9. The van der Waals surface area contributed by atoms with Gasteiger partial charge in [-0.3, -0.25) is 0 Å². The average molecular weight is 216 g/mol. The summed E-state index contributed by atoms with van der Waals surface area (Å²) in [5, 5.41) is 7.18. The van der Waals surface area contributed by atoms with Crippen molar-refractivity contribution in [1.82, 2.24) is 10.6 Å². The van der Waals surface area contributed by atoms with E-state index in [0.29, 0.717) is 5.41 Å². The molecule has 0 radical (unpaired) electrons. The first-order valence-electron chi connectivity index (χ1n) is 6.37. The van der Waals surface area contributed by atoms with Crippen LogP contribution in [0.25, 0.3) is 0 Å². The second-order valence-corrected chi connectivity index (χ2v) is 5.28. The molecule has 0 bridgehead atoms. The fourth-order valence-electron chi connectivity index (χ4n) is 3.16. The van der Waals surface area contributed by atoms with Crippen LogP contribution in [0.3, 0.4) is 0 Å². The van der Waals surface area contributed by atoms with Crippen LogP contribution in [0.15, 0.2) is 30.3 Å². The molecule has 3 rings (SSSR count). The third-order valence-corrected chi connectivity index (χ3v) is 4.26. The molecule has 2 N–H and O–H groups in total.